The van der Waals surface area contributed by atoms with E-state index in [2.05, 4.69) is 5.18 Å². The minimum absolute atomic E-state index is 0.235. The summed E-state index contributed by atoms with van der Waals surface area (Å²) in [5.74, 6) is -0.903. The minimum atomic E-state index is -0.608. The quantitative estimate of drug-likeness (QED) is 0.424. The Morgan fingerprint density at radius 3 is 2.59 bits per heavy atom. The summed E-state index contributed by atoms with van der Waals surface area (Å²) in [6, 6.07) is 18.3. The fraction of sp³-hybridized carbons (Fsp3) is 0.0952. The van der Waals surface area contributed by atoms with E-state index in [1.807, 2.05) is 24.3 Å². The molecule has 0 aromatic heterocycles. The van der Waals surface area contributed by atoms with Crippen LogP contribution in [-0.4, -0.2) is 5.97 Å². The Bertz CT molecular complexity index is 1020. The number of benzene rings is 3. The second-order valence-corrected chi connectivity index (χ2v) is 7.21. The average molecular weight is 379 g/mol. The van der Waals surface area contributed by atoms with E-state index in [1.165, 1.54) is 48.2 Å². The molecule has 0 spiro atoms. The summed E-state index contributed by atoms with van der Waals surface area (Å²) in [6.07, 6.45) is -0.150. The van der Waals surface area contributed by atoms with Crippen LogP contribution in [0.15, 0.2) is 81.7 Å². The van der Waals surface area contributed by atoms with E-state index in [-0.39, 0.29) is 11.5 Å². The summed E-state index contributed by atoms with van der Waals surface area (Å²) in [5, 5.41) is 2.82. The molecule has 0 N–H and O–H groups in total. The second-order valence-electron chi connectivity index (χ2n) is 6.13. The highest BCUT2D eigenvalue weighted by Gasteiger charge is 2.26. The molecule has 3 aromatic rings. The van der Waals surface area contributed by atoms with Gasteiger partial charge in [0.05, 0.1) is 5.56 Å². The van der Waals surface area contributed by atoms with Crippen molar-refractivity contribution in [2.24, 2.45) is 5.18 Å². The lowest BCUT2D eigenvalue weighted by molar-refractivity contribution is 0.0291. The summed E-state index contributed by atoms with van der Waals surface area (Å²) in [5.41, 5.74) is 2.23. The topological polar surface area (TPSA) is 55.7 Å². The molecule has 0 unspecified atom stereocenters. The first-order valence-corrected chi connectivity index (χ1v) is 9.15. The van der Waals surface area contributed by atoms with Crippen LogP contribution in [0.3, 0.4) is 0 Å². The van der Waals surface area contributed by atoms with Gasteiger partial charge in [0.15, 0.2) is 0 Å². The van der Waals surface area contributed by atoms with Crippen LogP contribution in [-0.2, 0) is 11.2 Å². The highest BCUT2D eigenvalue weighted by atomic mass is 32.2. The number of carbonyl (C=O) groups is 1. The zero-order valence-corrected chi connectivity index (χ0v) is 14.9. The van der Waals surface area contributed by atoms with Crippen LogP contribution in [0, 0.1) is 10.7 Å². The highest BCUT2D eigenvalue weighted by Crippen LogP contribution is 2.42. The number of carbonyl (C=O) groups excluding carboxylic acids is 1. The number of ether oxygens (including phenoxy) is 1. The summed E-state index contributed by atoms with van der Waals surface area (Å²) in [6.45, 7) is 0. The van der Waals surface area contributed by atoms with Crippen molar-refractivity contribution in [1.29, 1.82) is 0 Å². The Kier molecular flexibility index (Phi) is 4.73. The maximum atomic E-state index is 13.9. The van der Waals surface area contributed by atoms with Crippen LogP contribution in [0.4, 0.5) is 10.1 Å². The van der Waals surface area contributed by atoms with Gasteiger partial charge in [-0.2, -0.15) is 0 Å². The van der Waals surface area contributed by atoms with Crippen molar-refractivity contribution in [3.05, 3.63) is 94.1 Å². The molecule has 0 amide bonds. The number of nitrogens with zero attached hydrogens (tertiary/aromatic N) is 1. The van der Waals surface area contributed by atoms with Crippen molar-refractivity contribution in [2.75, 3.05) is 0 Å². The van der Waals surface area contributed by atoms with E-state index in [9.17, 15) is 14.1 Å². The number of halogens is 1. The number of hydrogen-bond donors (Lipinski definition) is 0. The van der Waals surface area contributed by atoms with Crippen molar-refractivity contribution in [1.82, 2.24) is 0 Å². The molecule has 0 bridgehead atoms. The summed E-state index contributed by atoms with van der Waals surface area (Å²) in [4.78, 5) is 25.0. The van der Waals surface area contributed by atoms with E-state index in [0.717, 1.165) is 15.4 Å². The number of nitroso groups, excluding NO2 is 1. The van der Waals surface area contributed by atoms with Gasteiger partial charge in [0.25, 0.3) is 0 Å². The number of rotatable bonds is 3. The van der Waals surface area contributed by atoms with Gasteiger partial charge < -0.3 is 4.74 Å². The SMILES string of the molecule is O=Nc1ccc(C(=O)O[C@H]2Cc3ccccc3Sc3ccc(F)cc32)cc1. The van der Waals surface area contributed by atoms with Crippen LogP contribution in [0.1, 0.15) is 27.6 Å². The van der Waals surface area contributed by atoms with Crippen molar-refractivity contribution in [3.63, 3.8) is 0 Å². The van der Waals surface area contributed by atoms with Crippen LogP contribution in [0.5, 0.6) is 0 Å². The van der Waals surface area contributed by atoms with E-state index in [1.54, 1.807) is 6.07 Å². The lowest BCUT2D eigenvalue weighted by Crippen LogP contribution is -2.14. The van der Waals surface area contributed by atoms with Gasteiger partial charge in [0.1, 0.15) is 17.6 Å². The molecule has 3 aromatic carbocycles. The molecular weight excluding hydrogens is 365 g/mol. The van der Waals surface area contributed by atoms with Gasteiger partial charge in [-0.05, 0) is 59.3 Å². The van der Waals surface area contributed by atoms with Crippen LogP contribution in [0.2, 0.25) is 0 Å². The summed E-state index contributed by atoms with van der Waals surface area (Å²) >= 11 is 1.54. The van der Waals surface area contributed by atoms with E-state index >= 15 is 0 Å². The van der Waals surface area contributed by atoms with Gasteiger partial charge in [-0.25, -0.2) is 9.18 Å². The van der Waals surface area contributed by atoms with Gasteiger partial charge in [-0.3, -0.25) is 0 Å². The number of hydrogen-bond acceptors (Lipinski definition) is 5. The third-order valence-electron chi connectivity index (χ3n) is 4.37. The molecular formula is C21H14FNO3S. The van der Waals surface area contributed by atoms with Crippen molar-refractivity contribution in [3.8, 4) is 0 Å². The Morgan fingerprint density at radius 1 is 1.04 bits per heavy atom. The second kappa shape index (κ2) is 7.32. The molecule has 6 heteroatoms. The van der Waals surface area contributed by atoms with Crippen molar-refractivity contribution < 1.29 is 13.9 Å². The first kappa shape index (κ1) is 17.4. The standard InChI is InChI=1S/C21H14FNO3S/c22-15-7-10-20-17(12-15)18(11-14-3-1-2-4-19(14)27-20)26-21(24)13-5-8-16(23-25)9-6-13/h1-10,12,18H,11H2/t18-/m0/s1. The van der Waals surface area contributed by atoms with Gasteiger partial charge in [0, 0.05) is 21.8 Å². The molecule has 0 saturated carbocycles. The largest absolute Gasteiger partial charge is 0.453 e. The van der Waals surface area contributed by atoms with E-state index < -0.39 is 12.1 Å². The molecule has 1 aliphatic rings. The molecule has 0 fully saturated rings. The molecule has 134 valence electrons. The predicted molar refractivity (Wildman–Crippen MR) is 101 cm³/mol. The lowest BCUT2D eigenvalue weighted by atomic mass is 10.0. The Hall–Kier alpha value is -2.99. The number of fused-ring (bicyclic) bond motifs is 2. The highest BCUT2D eigenvalue weighted by molar-refractivity contribution is 7.99. The van der Waals surface area contributed by atoms with Gasteiger partial charge >= 0.3 is 5.97 Å². The molecule has 4 rings (SSSR count). The Labute approximate surface area is 159 Å². The fourth-order valence-corrected chi connectivity index (χ4v) is 4.14. The normalized spacial score (nSPS) is 15.2. The Morgan fingerprint density at radius 2 is 1.81 bits per heavy atom. The van der Waals surface area contributed by atoms with Crippen molar-refractivity contribution >= 4 is 23.4 Å². The van der Waals surface area contributed by atoms with Crippen molar-refractivity contribution in [2.45, 2.75) is 22.3 Å². The lowest BCUT2D eigenvalue weighted by Gasteiger charge is -2.18. The zero-order chi connectivity index (χ0) is 18.8. The predicted octanol–water partition coefficient (Wildman–Crippen LogP) is 5.83. The fourth-order valence-electron chi connectivity index (χ4n) is 3.02. The minimum Gasteiger partial charge on any atom is -0.453 e. The maximum absolute atomic E-state index is 13.9. The number of esters is 1. The molecule has 0 radical (unpaired) electrons. The van der Waals surface area contributed by atoms with Gasteiger partial charge in [-0.15, -0.1) is 4.91 Å². The van der Waals surface area contributed by atoms with Crippen LogP contribution < -0.4 is 0 Å². The molecule has 0 aliphatic carbocycles. The summed E-state index contributed by atoms with van der Waals surface area (Å²) < 4.78 is 19.6. The third-order valence-corrected chi connectivity index (χ3v) is 5.58. The Balaban J connectivity index is 1.68. The summed E-state index contributed by atoms with van der Waals surface area (Å²) in [7, 11) is 0. The molecule has 4 nitrogen and oxygen atoms in total. The van der Waals surface area contributed by atoms with Crippen LogP contribution in [0.25, 0.3) is 0 Å². The average Bonchev–Trinajstić information content (AvgIpc) is 2.84. The molecule has 0 saturated heterocycles. The van der Waals surface area contributed by atoms with Crippen LogP contribution >= 0.6 is 11.8 Å². The molecule has 1 atom stereocenters. The molecule has 27 heavy (non-hydrogen) atoms. The maximum Gasteiger partial charge on any atom is 0.338 e. The van der Waals surface area contributed by atoms with E-state index in [4.69, 9.17) is 4.74 Å². The van der Waals surface area contributed by atoms with E-state index in [0.29, 0.717) is 17.5 Å². The molecule has 1 heterocycles. The zero-order valence-electron chi connectivity index (χ0n) is 14.1. The van der Waals surface area contributed by atoms with Gasteiger partial charge in [-0.1, -0.05) is 30.0 Å². The van der Waals surface area contributed by atoms with Gasteiger partial charge in [0.2, 0.25) is 0 Å². The molecule has 1 aliphatic heterocycles. The third kappa shape index (κ3) is 3.61. The first-order chi connectivity index (χ1) is 13.1. The monoisotopic (exact) mass is 379 g/mol. The first-order valence-electron chi connectivity index (χ1n) is 8.33. The smallest absolute Gasteiger partial charge is 0.338 e.